The summed E-state index contributed by atoms with van der Waals surface area (Å²) in [7, 11) is 0. The highest BCUT2D eigenvalue weighted by Crippen LogP contribution is 2.37. The SMILES string of the molecule is C=C(O)c1csc(C(C)(C)C)c1N. The van der Waals surface area contributed by atoms with E-state index >= 15 is 0 Å². The van der Waals surface area contributed by atoms with Gasteiger partial charge in [0, 0.05) is 15.8 Å². The second-order valence-corrected chi connectivity index (χ2v) is 4.97. The highest BCUT2D eigenvalue weighted by atomic mass is 32.1. The van der Waals surface area contributed by atoms with Gasteiger partial charge in [-0.1, -0.05) is 27.4 Å². The minimum atomic E-state index is 0.0302. The topological polar surface area (TPSA) is 46.2 Å². The molecule has 0 atom stereocenters. The fraction of sp³-hybridized carbons (Fsp3) is 0.400. The van der Waals surface area contributed by atoms with Gasteiger partial charge < -0.3 is 10.8 Å². The summed E-state index contributed by atoms with van der Waals surface area (Å²) in [6.07, 6.45) is 0. The first kappa shape index (κ1) is 10.1. The number of nitrogens with two attached hydrogens (primary N) is 1. The Morgan fingerprint density at radius 2 is 2.08 bits per heavy atom. The molecule has 13 heavy (non-hydrogen) atoms. The predicted molar refractivity (Wildman–Crippen MR) is 59.1 cm³/mol. The number of thiophene rings is 1. The Bertz CT molecular complexity index is 333. The molecule has 3 N–H and O–H groups in total. The van der Waals surface area contributed by atoms with Gasteiger partial charge in [-0.2, -0.15) is 0 Å². The molecule has 0 radical (unpaired) electrons. The molecule has 1 heterocycles. The molecule has 3 heteroatoms. The van der Waals surface area contributed by atoms with Gasteiger partial charge >= 0.3 is 0 Å². The molecule has 72 valence electrons. The summed E-state index contributed by atoms with van der Waals surface area (Å²) >= 11 is 1.57. The first-order valence-corrected chi connectivity index (χ1v) is 4.97. The average molecular weight is 197 g/mol. The second kappa shape index (κ2) is 3.07. The lowest BCUT2D eigenvalue weighted by atomic mass is 9.93. The van der Waals surface area contributed by atoms with Gasteiger partial charge in [0.2, 0.25) is 0 Å². The molecule has 1 aromatic rings. The molecule has 0 saturated heterocycles. The van der Waals surface area contributed by atoms with Crippen LogP contribution >= 0.6 is 11.3 Å². The number of nitrogen functional groups attached to an aromatic ring is 1. The van der Waals surface area contributed by atoms with Gasteiger partial charge in [0.25, 0.3) is 0 Å². The van der Waals surface area contributed by atoms with Crippen molar-refractivity contribution in [2.45, 2.75) is 26.2 Å². The van der Waals surface area contributed by atoms with Crippen LogP contribution in [0.1, 0.15) is 31.2 Å². The second-order valence-electron chi connectivity index (χ2n) is 4.09. The molecule has 1 rings (SSSR count). The third-order valence-electron chi connectivity index (χ3n) is 1.82. The molecular weight excluding hydrogens is 182 g/mol. The minimum Gasteiger partial charge on any atom is -0.508 e. The molecule has 0 aliphatic rings. The van der Waals surface area contributed by atoms with E-state index in [0.29, 0.717) is 11.3 Å². The van der Waals surface area contributed by atoms with Crippen LogP contribution in [0.4, 0.5) is 5.69 Å². The molecule has 2 nitrogen and oxygen atoms in total. The monoisotopic (exact) mass is 197 g/mol. The summed E-state index contributed by atoms with van der Waals surface area (Å²) in [4.78, 5) is 1.10. The quantitative estimate of drug-likeness (QED) is 0.679. The lowest BCUT2D eigenvalue weighted by Crippen LogP contribution is -2.11. The fourth-order valence-corrected chi connectivity index (χ4v) is 2.26. The number of hydrogen-bond donors (Lipinski definition) is 2. The first-order chi connectivity index (χ1) is 5.84. The van der Waals surface area contributed by atoms with Crippen molar-refractivity contribution in [2.75, 3.05) is 5.73 Å². The van der Waals surface area contributed by atoms with Crippen molar-refractivity contribution in [3.05, 3.63) is 22.4 Å². The Morgan fingerprint density at radius 3 is 2.31 bits per heavy atom. The molecule has 0 amide bonds. The summed E-state index contributed by atoms with van der Waals surface area (Å²) in [6, 6.07) is 0. The zero-order valence-corrected chi connectivity index (χ0v) is 9.03. The summed E-state index contributed by atoms with van der Waals surface area (Å²) in [5.41, 5.74) is 7.23. The van der Waals surface area contributed by atoms with E-state index in [1.54, 1.807) is 11.3 Å². The molecule has 0 bridgehead atoms. The van der Waals surface area contributed by atoms with Crippen LogP contribution in [0.15, 0.2) is 12.0 Å². The molecule has 1 aromatic heterocycles. The Balaban J connectivity index is 3.22. The van der Waals surface area contributed by atoms with Crippen LogP contribution in [0.2, 0.25) is 0 Å². The summed E-state index contributed by atoms with van der Waals surface area (Å²) < 4.78 is 0. The van der Waals surface area contributed by atoms with E-state index in [-0.39, 0.29) is 11.2 Å². The highest BCUT2D eigenvalue weighted by Gasteiger charge is 2.21. The minimum absolute atomic E-state index is 0.0302. The lowest BCUT2D eigenvalue weighted by molar-refractivity contribution is 0.514. The third kappa shape index (κ3) is 1.86. The van der Waals surface area contributed by atoms with Crippen LogP contribution in [0.3, 0.4) is 0 Å². The molecule has 0 aliphatic carbocycles. The number of hydrogen-bond acceptors (Lipinski definition) is 3. The van der Waals surface area contributed by atoms with Crippen LogP contribution in [0.25, 0.3) is 5.76 Å². The molecule has 0 saturated carbocycles. The maximum atomic E-state index is 9.22. The van der Waals surface area contributed by atoms with Gasteiger partial charge in [-0.3, -0.25) is 0 Å². The molecule has 0 aliphatic heterocycles. The van der Waals surface area contributed by atoms with E-state index in [4.69, 9.17) is 5.73 Å². The van der Waals surface area contributed by atoms with E-state index in [1.165, 1.54) is 0 Å². The van der Waals surface area contributed by atoms with Gasteiger partial charge in [0.15, 0.2) is 0 Å². The zero-order valence-electron chi connectivity index (χ0n) is 8.22. The number of rotatable bonds is 1. The van der Waals surface area contributed by atoms with Crippen molar-refractivity contribution in [2.24, 2.45) is 0 Å². The van der Waals surface area contributed by atoms with E-state index < -0.39 is 0 Å². The Morgan fingerprint density at radius 1 is 1.54 bits per heavy atom. The fourth-order valence-electron chi connectivity index (χ4n) is 1.17. The van der Waals surface area contributed by atoms with Crippen molar-refractivity contribution in [3.8, 4) is 0 Å². The molecular formula is C10H15NOS. The van der Waals surface area contributed by atoms with Crippen LogP contribution in [-0.2, 0) is 5.41 Å². The Labute approximate surface area is 82.7 Å². The Kier molecular flexibility index (Phi) is 2.39. The van der Waals surface area contributed by atoms with E-state index in [2.05, 4.69) is 27.4 Å². The van der Waals surface area contributed by atoms with Gasteiger partial charge in [-0.25, -0.2) is 0 Å². The molecule has 0 spiro atoms. The van der Waals surface area contributed by atoms with Crippen LogP contribution < -0.4 is 5.73 Å². The van der Waals surface area contributed by atoms with Crippen molar-refractivity contribution < 1.29 is 5.11 Å². The first-order valence-electron chi connectivity index (χ1n) is 4.09. The number of aliphatic hydroxyl groups is 1. The van der Waals surface area contributed by atoms with E-state index in [9.17, 15) is 5.11 Å². The van der Waals surface area contributed by atoms with Gasteiger partial charge in [-0.05, 0) is 5.41 Å². The summed E-state index contributed by atoms with van der Waals surface area (Å²) in [5, 5.41) is 11.1. The summed E-state index contributed by atoms with van der Waals surface area (Å²) in [5.74, 6) is 0.0456. The predicted octanol–water partition coefficient (Wildman–Crippen LogP) is 3.16. The van der Waals surface area contributed by atoms with Crippen molar-refractivity contribution in [1.29, 1.82) is 0 Å². The van der Waals surface area contributed by atoms with Gasteiger partial charge in [0.05, 0.1) is 5.69 Å². The lowest BCUT2D eigenvalue weighted by Gasteiger charge is -2.17. The third-order valence-corrected chi connectivity index (χ3v) is 3.24. The van der Waals surface area contributed by atoms with E-state index in [1.807, 2.05) is 5.38 Å². The zero-order chi connectivity index (χ0) is 10.2. The molecule has 0 aromatic carbocycles. The summed E-state index contributed by atoms with van der Waals surface area (Å²) in [6.45, 7) is 9.75. The van der Waals surface area contributed by atoms with Crippen LogP contribution in [-0.4, -0.2) is 5.11 Å². The average Bonchev–Trinajstić information content (AvgIpc) is 2.28. The normalized spacial score (nSPS) is 11.6. The maximum absolute atomic E-state index is 9.22. The smallest absolute Gasteiger partial charge is 0.118 e. The molecule has 0 unspecified atom stereocenters. The van der Waals surface area contributed by atoms with Crippen molar-refractivity contribution in [1.82, 2.24) is 0 Å². The Hall–Kier alpha value is -0.960. The van der Waals surface area contributed by atoms with Crippen LogP contribution in [0, 0.1) is 0 Å². The highest BCUT2D eigenvalue weighted by molar-refractivity contribution is 7.11. The molecule has 0 fully saturated rings. The van der Waals surface area contributed by atoms with Crippen LogP contribution in [0.5, 0.6) is 0 Å². The van der Waals surface area contributed by atoms with Crippen molar-refractivity contribution >= 4 is 22.8 Å². The largest absolute Gasteiger partial charge is 0.508 e. The number of anilines is 1. The maximum Gasteiger partial charge on any atom is 0.118 e. The van der Waals surface area contributed by atoms with Gasteiger partial charge in [0.1, 0.15) is 5.76 Å². The van der Waals surface area contributed by atoms with Gasteiger partial charge in [-0.15, -0.1) is 11.3 Å². The van der Waals surface area contributed by atoms with E-state index in [0.717, 1.165) is 4.88 Å². The standard InChI is InChI=1S/C10H15NOS/c1-6(12)7-5-13-9(8(7)11)10(2,3)4/h5,12H,1,11H2,2-4H3. The van der Waals surface area contributed by atoms with Crippen molar-refractivity contribution in [3.63, 3.8) is 0 Å². The number of aliphatic hydroxyl groups excluding tert-OH is 1.